The molecule has 0 bridgehead atoms. The number of hydrogen-bond donors (Lipinski definition) is 6. The summed E-state index contributed by atoms with van der Waals surface area (Å²) < 4.78 is 24.9. The number of fused-ring (bicyclic) bond motifs is 1. The van der Waals surface area contributed by atoms with E-state index < -0.39 is 62.5 Å². The number of nitrogens with one attached hydrogen (secondary N) is 1. The molecule has 3 aromatic heterocycles. The number of nitrogen functional groups attached to an aromatic ring is 2. The molecule has 5 rings (SSSR count). The molecule has 8 N–H and O–H groups in total. The van der Waals surface area contributed by atoms with Gasteiger partial charge in [0.1, 0.15) is 43.7 Å². The molecule has 0 saturated carbocycles. The van der Waals surface area contributed by atoms with Gasteiger partial charge in [0, 0.05) is 12.8 Å². The number of rotatable bonds is 8. The molecule has 0 aliphatic carbocycles. The van der Waals surface area contributed by atoms with Crippen molar-refractivity contribution in [2.75, 3.05) is 24.7 Å². The summed E-state index contributed by atoms with van der Waals surface area (Å²) in [5, 5.41) is 20.2. The first kappa shape index (κ1) is 26.6. The fourth-order valence-corrected chi connectivity index (χ4v) is 5.32. The molecule has 1 unspecified atom stereocenters. The van der Waals surface area contributed by atoms with Crippen LogP contribution in [0.2, 0.25) is 0 Å². The Labute approximate surface area is 214 Å². The average Bonchev–Trinajstić information content (AvgIpc) is 3.54. The maximum atomic E-state index is 12.1. The van der Waals surface area contributed by atoms with E-state index in [9.17, 15) is 24.7 Å². The van der Waals surface area contributed by atoms with E-state index in [4.69, 9.17) is 37.6 Å². The molecule has 20 heteroatoms. The Morgan fingerprint density at radius 3 is 2.58 bits per heavy atom. The number of nitrogens with zero attached hydrogens (tertiary/aromatic N) is 6. The summed E-state index contributed by atoms with van der Waals surface area (Å²) in [6.45, 7) is -0.856. The molecule has 18 nitrogen and oxygen atoms in total. The highest BCUT2D eigenvalue weighted by Crippen LogP contribution is 2.55. The number of H-pyrrole nitrogens is 1. The minimum Gasteiger partial charge on any atom is -0.394 e. The minimum absolute atomic E-state index is 0.00880. The standard InChI is InChI=1S/C18H24BN9O9P/c19-38(33,37-8-2-12(35-9(8)3-29)28-6-23-16(20)26-18(28)32)34-4-10-7(30)1-11(36-10)27-5-22-13-14(27)24-17(21)25-15(13)31/h5-12,29-30,33H,1-4H2,(H2,20,26,32)(H3,21,24,25,31)/q+1/t7-,8-,9-,10-,11-,12-,38?/m1/s1. The number of aromatic nitrogens is 7. The highest BCUT2D eigenvalue weighted by Gasteiger charge is 2.48. The lowest BCUT2D eigenvalue weighted by Gasteiger charge is -2.22. The van der Waals surface area contributed by atoms with E-state index in [0.717, 1.165) is 10.9 Å². The Hall–Kier alpha value is -3.03. The van der Waals surface area contributed by atoms with Crippen LogP contribution in [0.3, 0.4) is 0 Å². The van der Waals surface area contributed by atoms with Gasteiger partial charge in [0.25, 0.3) is 5.56 Å². The lowest BCUT2D eigenvalue weighted by atomic mass is 10.2. The Morgan fingerprint density at radius 1 is 1.13 bits per heavy atom. The molecule has 0 aromatic carbocycles. The van der Waals surface area contributed by atoms with E-state index in [2.05, 4.69) is 24.9 Å². The van der Waals surface area contributed by atoms with Crippen LogP contribution in [0.1, 0.15) is 25.3 Å². The van der Waals surface area contributed by atoms with Crippen LogP contribution >= 0.6 is 7.82 Å². The second kappa shape index (κ2) is 10.3. The molecule has 5 heterocycles. The number of nitrogens with two attached hydrogens (primary N) is 2. The molecule has 2 fully saturated rings. The number of aliphatic hydroxyl groups is 2. The molecule has 0 amide bonds. The van der Waals surface area contributed by atoms with Crippen LogP contribution in [0.25, 0.3) is 11.2 Å². The molecule has 0 spiro atoms. The summed E-state index contributed by atoms with van der Waals surface area (Å²) in [4.78, 5) is 52.4. The second-order valence-corrected chi connectivity index (χ2v) is 10.3. The zero-order valence-corrected chi connectivity index (χ0v) is 20.5. The van der Waals surface area contributed by atoms with Crippen LogP contribution in [0.5, 0.6) is 0 Å². The van der Waals surface area contributed by atoms with Gasteiger partial charge in [-0.3, -0.25) is 18.9 Å². The largest absolute Gasteiger partial charge is 0.488 e. The first-order valence-electron chi connectivity index (χ1n) is 11.3. The monoisotopic (exact) mass is 552 g/mol. The van der Waals surface area contributed by atoms with Crippen molar-refractivity contribution < 1.29 is 33.6 Å². The van der Waals surface area contributed by atoms with Gasteiger partial charge in [0.15, 0.2) is 11.2 Å². The van der Waals surface area contributed by atoms with Crippen molar-refractivity contribution in [3.05, 3.63) is 33.5 Å². The van der Waals surface area contributed by atoms with Crippen LogP contribution < -0.4 is 22.7 Å². The lowest BCUT2D eigenvalue weighted by Crippen LogP contribution is -2.30. The van der Waals surface area contributed by atoms with Crippen molar-refractivity contribution in [2.24, 2.45) is 0 Å². The average molecular weight is 552 g/mol. The molecule has 2 radical (unpaired) electrons. The number of hydrogen-bond acceptors (Lipinski definition) is 15. The molecular weight excluding hydrogens is 528 g/mol. The van der Waals surface area contributed by atoms with Gasteiger partial charge in [-0.05, 0) is 0 Å². The van der Waals surface area contributed by atoms with Gasteiger partial charge in [-0.15, -0.1) is 0 Å². The molecular formula is C18H24BN9O9P+. The molecule has 7 atom stereocenters. The van der Waals surface area contributed by atoms with Crippen molar-refractivity contribution in [3.63, 3.8) is 0 Å². The molecule has 2 aliphatic rings. The van der Waals surface area contributed by atoms with Crippen molar-refractivity contribution in [1.82, 2.24) is 34.1 Å². The smallest absolute Gasteiger partial charge is 0.394 e. The summed E-state index contributed by atoms with van der Waals surface area (Å²) in [7, 11) is 1.86. The third-order valence-corrected chi connectivity index (χ3v) is 7.18. The van der Waals surface area contributed by atoms with Crippen molar-refractivity contribution in [3.8, 4) is 0 Å². The van der Waals surface area contributed by atoms with Crippen LogP contribution in [-0.2, 0) is 18.5 Å². The maximum Gasteiger partial charge on any atom is 0.488 e. The van der Waals surface area contributed by atoms with Crippen molar-refractivity contribution >= 4 is 38.4 Å². The maximum absolute atomic E-state index is 12.1. The van der Waals surface area contributed by atoms with E-state index in [1.54, 1.807) is 0 Å². The summed E-state index contributed by atoms with van der Waals surface area (Å²) in [6, 6.07) is 0. The molecule has 3 aromatic rings. The molecule has 2 aliphatic heterocycles. The van der Waals surface area contributed by atoms with Crippen molar-refractivity contribution in [1.29, 1.82) is 0 Å². The SMILES string of the molecule is [B][P+](O)(OC[C@H]1O[C@@H](n2cnc3c(=O)[nH]c(N)nc32)C[C@H]1O)O[C@@H]1C[C@H](n2cnc(N)nc2=O)O[C@@H]1CO. The third kappa shape index (κ3) is 5.27. The van der Waals surface area contributed by atoms with Crippen LogP contribution in [0.15, 0.2) is 22.2 Å². The van der Waals surface area contributed by atoms with Crippen LogP contribution in [0.4, 0.5) is 11.9 Å². The van der Waals surface area contributed by atoms with E-state index in [1.165, 1.54) is 10.9 Å². The van der Waals surface area contributed by atoms with Crippen LogP contribution in [-0.4, -0.2) is 94.4 Å². The topological polar surface area (TPSA) is 261 Å². The van der Waals surface area contributed by atoms with E-state index in [-0.39, 0.29) is 42.5 Å². The Morgan fingerprint density at radius 2 is 1.84 bits per heavy atom. The summed E-state index contributed by atoms with van der Waals surface area (Å²) >= 11 is 0. The number of aromatic amines is 1. The Bertz CT molecular complexity index is 1430. The highest BCUT2D eigenvalue weighted by molar-refractivity contribution is 7.85. The zero-order chi connectivity index (χ0) is 27.2. The van der Waals surface area contributed by atoms with Gasteiger partial charge in [-0.2, -0.15) is 19.0 Å². The van der Waals surface area contributed by atoms with Gasteiger partial charge in [0.05, 0.1) is 19.0 Å². The third-order valence-electron chi connectivity index (χ3n) is 6.09. The fourth-order valence-electron chi connectivity index (χ4n) is 4.29. The molecule has 202 valence electrons. The summed E-state index contributed by atoms with van der Waals surface area (Å²) in [5.74, 6) is -0.314. The van der Waals surface area contributed by atoms with Gasteiger partial charge < -0.3 is 31.2 Å². The number of anilines is 2. The normalized spacial score (nSPS) is 29.1. The van der Waals surface area contributed by atoms with E-state index >= 15 is 0 Å². The van der Waals surface area contributed by atoms with E-state index in [1.807, 2.05) is 0 Å². The first-order valence-corrected chi connectivity index (χ1v) is 13.0. The summed E-state index contributed by atoms with van der Waals surface area (Å²) in [6.07, 6.45) is -2.94. The van der Waals surface area contributed by atoms with E-state index in [0.29, 0.717) is 0 Å². The zero-order valence-electron chi connectivity index (χ0n) is 19.6. The fraction of sp³-hybridized carbons (Fsp3) is 0.556. The Balaban J connectivity index is 1.21. The van der Waals surface area contributed by atoms with Gasteiger partial charge in [0.2, 0.25) is 11.9 Å². The first-order chi connectivity index (χ1) is 18.0. The molecule has 2 saturated heterocycles. The predicted molar refractivity (Wildman–Crippen MR) is 129 cm³/mol. The van der Waals surface area contributed by atoms with Gasteiger partial charge >= 0.3 is 21.1 Å². The van der Waals surface area contributed by atoms with Gasteiger partial charge in [-0.1, -0.05) is 0 Å². The summed E-state index contributed by atoms with van der Waals surface area (Å²) in [5.41, 5.74) is 10.0. The number of aliphatic hydroxyl groups excluding tert-OH is 2. The Kier molecular flexibility index (Phi) is 7.18. The molecule has 38 heavy (non-hydrogen) atoms. The van der Waals surface area contributed by atoms with Gasteiger partial charge in [-0.25, -0.2) is 19.7 Å². The van der Waals surface area contributed by atoms with Crippen LogP contribution in [0, 0.1) is 0 Å². The predicted octanol–water partition coefficient (Wildman–Crippen LogP) is -2.90. The minimum atomic E-state index is -4.01. The van der Waals surface area contributed by atoms with Crippen molar-refractivity contribution in [2.45, 2.75) is 49.7 Å². The highest BCUT2D eigenvalue weighted by atomic mass is 31.2. The second-order valence-electron chi connectivity index (χ2n) is 8.66. The number of ether oxygens (including phenoxy) is 2. The lowest BCUT2D eigenvalue weighted by molar-refractivity contribution is -0.0527. The quantitative estimate of drug-likeness (QED) is 0.121. The number of imidazole rings is 1.